The summed E-state index contributed by atoms with van der Waals surface area (Å²) in [5, 5.41) is 0.678. The normalized spacial score (nSPS) is 14.0. The van der Waals surface area contributed by atoms with Crippen LogP contribution in [0.4, 0.5) is 5.13 Å². The van der Waals surface area contributed by atoms with Crippen molar-refractivity contribution in [2.45, 2.75) is 6.42 Å². The fourth-order valence-corrected chi connectivity index (χ4v) is 4.91. The van der Waals surface area contributed by atoms with E-state index in [2.05, 4.69) is 4.90 Å². The van der Waals surface area contributed by atoms with Crippen molar-refractivity contribution in [2.75, 3.05) is 65.6 Å². The highest BCUT2D eigenvalue weighted by atomic mass is 35.5. The van der Waals surface area contributed by atoms with Crippen LogP contribution in [0.1, 0.15) is 12.0 Å². The maximum absolute atomic E-state index is 13.4. The third kappa shape index (κ3) is 6.88. The zero-order valence-electron chi connectivity index (χ0n) is 20.8. The van der Waals surface area contributed by atoms with Gasteiger partial charge in [0, 0.05) is 38.3 Å². The van der Waals surface area contributed by atoms with Crippen LogP contribution in [0.5, 0.6) is 17.2 Å². The van der Waals surface area contributed by atoms with Gasteiger partial charge in [0.2, 0.25) is 0 Å². The predicted octanol–water partition coefficient (Wildman–Crippen LogP) is 4.51. The number of halogens is 1. The Morgan fingerprint density at radius 3 is 2.58 bits per heavy atom. The number of hydrogen-bond acceptors (Lipinski definition) is 8. The molecule has 1 aliphatic rings. The van der Waals surface area contributed by atoms with Crippen LogP contribution in [0.2, 0.25) is 0 Å². The van der Waals surface area contributed by atoms with Crippen molar-refractivity contribution in [1.29, 1.82) is 0 Å². The molecule has 0 N–H and O–H groups in total. The number of ether oxygens (including phenoxy) is 4. The van der Waals surface area contributed by atoms with E-state index in [9.17, 15) is 4.79 Å². The van der Waals surface area contributed by atoms with Crippen molar-refractivity contribution in [3.05, 3.63) is 48.0 Å². The van der Waals surface area contributed by atoms with Gasteiger partial charge in [0.05, 0.1) is 44.8 Å². The van der Waals surface area contributed by atoms with E-state index in [1.54, 1.807) is 38.4 Å². The van der Waals surface area contributed by atoms with Gasteiger partial charge >= 0.3 is 0 Å². The molecule has 1 amide bonds. The number of carbonyl (C=O) groups excluding carboxylic acids is 1. The zero-order valence-corrected chi connectivity index (χ0v) is 22.4. The minimum atomic E-state index is -0.118. The van der Waals surface area contributed by atoms with Gasteiger partial charge in [0.25, 0.3) is 5.91 Å². The minimum absolute atomic E-state index is 0. The Balaban J connectivity index is 0.00000361. The number of carbonyl (C=O) groups is 1. The van der Waals surface area contributed by atoms with Gasteiger partial charge in [0.1, 0.15) is 5.75 Å². The summed E-state index contributed by atoms with van der Waals surface area (Å²) in [6.45, 7) is 4.85. The molecule has 10 heteroatoms. The average molecular weight is 534 g/mol. The summed E-state index contributed by atoms with van der Waals surface area (Å²) in [6, 6.07) is 11.3. The van der Waals surface area contributed by atoms with Gasteiger partial charge in [-0.2, -0.15) is 0 Å². The van der Waals surface area contributed by atoms with Crippen molar-refractivity contribution >= 4 is 51.1 Å². The highest BCUT2D eigenvalue weighted by molar-refractivity contribution is 7.22. The lowest BCUT2D eigenvalue weighted by Gasteiger charge is -2.27. The number of methoxy groups -OCH3 is 3. The molecule has 2 aromatic carbocycles. The molecule has 194 valence electrons. The van der Waals surface area contributed by atoms with Crippen molar-refractivity contribution in [1.82, 2.24) is 9.88 Å². The first-order valence-corrected chi connectivity index (χ1v) is 12.4. The van der Waals surface area contributed by atoms with Crippen LogP contribution in [-0.2, 0) is 9.53 Å². The van der Waals surface area contributed by atoms with E-state index < -0.39 is 0 Å². The molecule has 0 atom stereocenters. The Labute approximate surface area is 221 Å². The first-order valence-electron chi connectivity index (χ1n) is 11.6. The summed E-state index contributed by atoms with van der Waals surface area (Å²) in [4.78, 5) is 22.2. The zero-order chi connectivity index (χ0) is 24.6. The van der Waals surface area contributed by atoms with Gasteiger partial charge in [-0.05, 0) is 42.3 Å². The summed E-state index contributed by atoms with van der Waals surface area (Å²) < 4.78 is 22.5. The van der Waals surface area contributed by atoms with Crippen LogP contribution in [0.3, 0.4) is 0 Å². The second kappa shape index (κ2) is 13.5. The Morgan fingerprint density at radius 1 is 1.08 bits per heavy atom. The van der Waals surface area contributed by atoms with Gasteiger partial charge in [-0.3, -0.25) is 14.6 Å². The maximum Gasteiger partial charge on any atom is 0.252 e. The monoisotopic (exact) mass is 533 g/mol. The van der Waals surface area contributed by atoms with E-state index >= 15 is 0 Å². The van der Waals surface area contributed by atoms with E-state index in [0.29, 0.717) is 23.2 Å². The molecular weight excluding hydrogens is 502 g/mol. The summed E-state index contributed by atoms with van der Waals surface area (Å²) in [6.07, 6.45) is 4.22. The van der Waals surface area contributed by atoms with Crippen LogP contribution in [0, 0.1) is 0 Å². The molecule has 0 radical (unpaired) electrons. The summed E-state index contributed by atoms with van der Waals surface area (Å²) in [5.74, 6) is 1.89. The number of rotatable bonds is 10. The van der Waals surface area contributed by atoms with Crippen molar-refractivity contribution in [2.24, 2.45) is 0 Å². The van der Waals surface area contributed by atoms with Gasteiger partial charge < -0.3 is 18.9 Å². The lowest BCUT2D eigenvalue weighted by molar-refractivity contribution is -0.114. The first kappa shape index (κ1) is 27.7. The molecule has 1 aromatic heterocycles. The van der Waals surface area contributed by atoms with Crippen molar-refractivity contribution < 1.29 is 23.7 Å². The molecule has 36 heavy (non-hydrogen) atoms. The molecule has 3 aromatic rings. The van der Waals surface area contributed by atoms with Crippen LogP contribution >= 0.6 is 23.7 Å². The highest BCUT2D eigenvalue weighted by Crippen LogP contribution is 2.32. The van der Waals surface area contributed by atoms with Crippen LogP contribution in [-0.4, -0.2) is 76.5 Å². The lowest BCUT2D eigenvalue weighted by Crippen LogP contribution is -2.39. The first-order chi connectivity index (χ1) is 17.1. The van der Waals surface area contributed by atoms with Crippen molar-refractivity contribution in [3.8, 4) is 17.2 Å². The number of hydrogen-bond donors (Lipinski definition) is 0. The molecule has 1 fully saturated rings. The molecule has 1 saturated heterocycles. The second-order valence-electron chi connectivity index (χ2n) is 8.08. The standard InChI is InChI=1S/C26H31N3O5S.ClH/c1-31-20-7-9-24-21(18-20)27-26(35-24)29(12-4-11-28-13-15-34-16-14-28)25(30)10-6-19-5-8-22(32-2)23(17-19)33-3;/h5-10,17-18H,4,11-16H2,1-3H3;1H/b10-6+;. The molecule has 1 aliphatic heterocycles. The fraction of sp³-hybridized carbons (Fsp3) is 0.385. The van der Waals surface area contributed by atoms with Gasteiger partial charge in [-0.1, -0.05) is 17.4 Å². The van der Waals surface area contributed by atoms with E-state index in [4.69, 9.17) is 23.9 Å². The van der Waals surface area contributed by atoms with Gasteiger partial charge in [-0.25, -0.2) is 4.98 Å². The summed E-state index contributed by atoms with van der Waals surface area (Å²) in [5.41, 5.74) is 1.66. The van der Waals surface area contributed by atoms with Crippen LogP contribution in [0.25, 0.3) is 16.3 Å². The molecule has 0 spiro atoms. The molecular formula is C26H32ClN3O5S. The Hall–Kier alpha value is -2.85. The number of fused-ring (bicyclic) bond motifs is 1. The number of nitrogens with zero attached hydrogens (tertiary/aromatic N) is 3. The molecule has 8 nitrogen and oxygen atoms in total. The number of aromatic nitrogens is 1. The van der Waals surface area contributed by atoms with Crippen molar-refractivity contribution in [3.63, 3.8) is 0 Å². The molecule has 0 saturated carbocycles. The topological polar surface area (TPSA) is 73.4 Å². The number of anilines is 1. The molecule has 0 bridgehead atoms. The van der Waals surface area contributed by atoms with Crippen LogP contribution in [0.15, 0.2) is 42.5 Å². The minimum Gasteiger partial charge on any atom is -0.497 e. The highest BCUT2D eigenvalue weighted by Gasteiger charge is 2.19. The number of thiazole rings is 1. The molecule has 4 rings (SSSR count). The Kier molecular flexibility index (Phi) is 10.4. The summed E-state index contributed by atoms with van der Waals surface area (Å²) in [7, 11) is 4.82. The predicted molar refractivity (Wildman–Crippen MR) is 146 cm³/mol. The Bertz CT molecular complexity index is 1180. The third-order valence-electron chi connectivity index (χ3n) is 5.87. The van der Waals surface area contributed by atoms with E-state index in [-0.39, 0.29) is 18.3 Å². The second-order valence-corrected chi connectivity index (χ2v) is 9.08. The van der Waals surface area contributed by atoms with Crippen LogP contribution < -0.4 is 19.1 Å². The van der Waals surface area contributed by atoms with E-state index in [1.165, 1.54) is 11.3 Å². The Morgan fingerprint density at radius 2 is 1.86 bits per heavy atom. The molecule has 2 heterocycles. The molecule has 0 unspecified atom stereocenters. The SMILES string of the molecule is COc1ccc2sc(N(CCCN3CCOCC3)C(=O)/C=C/c3ccc(OC)c(OC)c3)nc2c1.Cl. The average Bonchev–Trinajstić information content (AvgIpc) is 3.33. The van der Waals surface area contributed by atoms with E-state index in [1.807, 2.05) is 36.4 Å². The number of morpholine rings is 1. The lowest BCUT2D eigenvalue weighted by atomic mass is 10.2. The number of benzene rings is 2. The molecule has 0 aliphatic carbocycles. The fourth-order valence-electron chi connectivity index (χ4n) is 3.93. The van der Waals surface area contributed by atoms with E-state index in [0.717, 1.165) is 60.8 Å². The third-order valence-corrected chi connectivity index (χ3v) is 6.93. The summed E-state index contributed by atoms with van der Waals surface area (Å²) >= 11 is 1.51. The largest absolute Gasteiger partial charge is 0.497 e. The van der Waals surface area contributed by atoms with Gasteiger partial charge in [-0.15, -0.1) is 12.4 Å². The number of amides is 1. The maximum atomic E-state index is 13.4. The quantitative estimate of drug-likeness (QED) is 0.355. The smallest absolute Gasteiger partial charge is 0.252 e. The van der Waals surface area contributed by atoms with Gasteiger partial charge in [0.15, 0.2) is 16.6 Å².